The minimum atomic E-state index is -5.35. The molecule has 0 spiro atoms. The monoisotopic (exact) mass is 903 g/mol. The average Bonchev–Trinajstić information content (AvgIpc) is 3.12. The van der Waals surface area contributed by atoms with E-state index in [-0.39, 0.29) is 50.6 Å². The molecule has 308 valence electrons. The van der Waals surface area contributed by atoms with Gasteiger partial charge in [-0.25, -0.2) is 27.4 Å². The minimum absolute atomic E-state index is 0.0299. The first-order chi connectivity index (χ1) is 26.1. The van der Waals surface area contributed by atoms with Gasteiger partial charge in [0.15, 0.2) is 25.4 Å². The Morgan fingerprint density at radius 1 is 0.607 bits per heavy atom. The number of nitrogen functional groups attached to an aromatic ring is 1. The molecular weight excluding hydrogens is 871 g/mol. The normalized spacial score (nSPS) is 12.4. The van der Waals surface area contributed by atoms with Gasteiger partial charge < -0.3 is 10.8 Å². The maximum absolute atomic E-state index is 12.5. The second-order valence-electron chi connectivity index (χ2n) is 9.92. The Kier molecular flexibility index (Phi) is 17.2. The summed E-state index contributed by atoms with van der Waals surface area (Å²) in [5.74, 6) is -1.12. The summed E-state index contributed by atoms with van der Waals surface area (Å²) in [6.45, 7) is 8.00. The van der Waals surface area contributed by atoms with E-state index in [2.05, 4.69) is 39.2 Å². The Balaban J connectivity index is 0.00000262. The van der Waals surface area contributed by atoms with Gasteiger partial charge in [-0.05, 0) is 53.9 Å². The van der Waals surface area contributed by atoms with Gasteiger partial charge in [0.1, 0.15) is 26.9 Å². The van der Waals surface area contributed by atoms with Crippen LogP contribution in [0.5, 0.6) is 5.75 Å². The summed E-state index contributed by atoms with van der Waals surface area (Å²) >= 11 is 0.243. The van der Waals surface area contributed by atoms with Gasteiger partial charge in [-0.2, -0.15) is 21.9 Å². The Labute approximate surface area is 328 Å². The molecule has 0 heterocycles. The van der Waals surface area contributed by atoms with Crippen molar-refractivity contribution in [3.63, 3.8) is 0 Å². The highest BCUT2D eigenvalue weighted by molar-refractivity contribution is 7.95. The first kappa shape index (κ1) is 48.3. The summed E-state index contributed by atoms with van der Waals surface area (Å²) < 4.78 is 126. The van der Waals surface area contributed by atoms with E-state index in [1.54, 1.807) is 0 Å². The molecule has 28 heteroatoms. The van der Waals surface area contributed by atoms with Crippen LogP contribution in [0.15, 0.2) is 98.4 Å². The summed E-state index contributed by atoms with van der Waals surface area (Å²) in [6.07, 6.45) is 1.67. The van der Waals surface area contributed by atoms with Crippen molar-refractivity contribution >= 4 is 103 Å². The SMILES string of the molecule is CC.CC.CS(=O)(=O)c1ccc(N=Nc2c(SOOO)cc3cc(S(=O)(=O)O)c(N=Nc4c(SOOO)cc(S(C)(=O)=O)cc4S(=O)(=O)O)c(O)c3c2N)cc1. The van der Waals surface area contributed by atoms with Crippen LogP contribution >= 0.6 is 24.1 Å². The van der Waals surface area contributed by atoms with Crippen molar-refractivity contribution in [2.75, 3.05) is 18.2 Å². The molecule has 7 N–H and O–H groups in total. The molecule has 22 nitrogen and oxygen atoms in total. The van der Waals surface area contributed by atoms with Crippen molar-refractivity contribution in [2.24, 2.45) is 20.5 Å². The van der Waals surface area contributed by atoms with Gasteiger partial charge in [-0.1, -0.05) is 37.8 Å². The molecule has 0 amide bonds. The van der Waals surface area contributed by atoms with Gasteiger partial charge in [0, 0.05) is 12.5 Å². The molecule has 0 fully saturated rings. The number of nitrogens with zero attached hydrogens (tertiary/aromatic N) is 4. The van der Waals surface area contributed by atoms with E-state index in [9.17, 15) is 47.9 Å². The number of nitrogens with two attached hydrogens (primary N) is 1. The maximum atomic E-state index is 12.5. The molecule has 56 heavy (non-hydrogen) atoms. The molecular formula is C28H33N5O17S6. The number of rotatable bonds is 14. The van der Waals surface area contributed by atoms with Crippen LogP contribution in [-0.2, 0) is 58.7 Å². The van der Waals surface area contributed by atoms with Crippen molar-refractivity contribution in [2.45, 2.75) is 57.1 Å². The Hall–Kier alpha value is -3.88. The van der Waals surface area contributed by atoms with Gasteiger partial charge in [-0.15, -0.1) is 24.0 Å². The van der Waals surface area contributed by atoms with Gasteiger partial charge >= 0.3 is 0 Å². The number of hydrogen-bond donors (Lipinski definition) is 6. The third-order valence-corrected chi connectivity index (χ3v) is 11.6. The van der Waals surface area contributed by atoms with Crippen LogP contribution in [0.1, 0.15) is 27.7 Å². The number of sulfone groups is 2. The largest absolute Gasteiger partial charge is 0.505 e. The fourth-order valence-electron chi connectivity index (χ4n) is 4.17. The third-order valence-electron chi connectivity index (χ3n) is 6.40. The number of benzene rings is 4. The van der Waals surface area contributed by atoms with E-state index in [0.29, 0.717) is 12.3 Å². The maximum Gasteiger partial charge on any atom is 0.296 e. The van der Waals surface area contributed by atoms with Crippen LogP contribution in [0.25, 0.3) is 10.8 Å². The number of azo groups is 2. The first-order valence-corrected chi connectivity index (χ1v) is 23.1. The van der Waals surface area contributed by atoms with Crippen LogP contribution in [0.2, 0.25) is 0 Å². The quantitative estimate of drug-likeness (QED) is 0.0182. The second-order valence-corrected chi connectivity index (χ2v) is 18.2. The van der Waals surface area contributed by atoms with E-state index in [0.717, 1.165) is 24.5 Å². The number of hydrogen-bond acceptors (Lipinski definition) is 22. The highest BCUT2D eigenvalue weighted by Gasteiger charge is 2.28. The topological polar surface area (TPSA) is 350 Å². The highest BCUT2D eigenvalue weighted by Crippen LogP contribution is 2.50. The fraction of sp³-hybridized carbons (Fsp3) is 0.214. The lowest BCUT2D eigenvalue weighted by molar-refractivity contribution is -0.432. The van der Waals surface area contributed by atoms with E-state index < -0.39 is 87.7 Å². The smallest absolute Gasteiger partial charge is 0.296 e. The van der Waals surface area contributed by atoms with Crippen molar-refractivity contribution in [3.8, 4) is 5.75 Å². The molecule has 0 aliphatic heterocycles. The van der Waals surface area contributed by atoms with Gasteiger partial charge in [0.05, 0.1) is 60.4 Å². The zero-order chi connectivity index (χ0) is 42.8. The lowest BCUT2D eigenvalue weighted by Gasteiger charge is -2.14. The molecule has 0 aromatic heterocycles. The molecule has 0 atom stereocenters. The van der Waals surface area contributed by atoms with E-state index in [4.69, 9.17) is 16.2 Å². The zero-order valence-electron chi connectivity index (χ0n) is 29.6. The molecule has 0 radical (unpaired) electrons. The summed E-state index contributed by atoms with van der Waals surface area (Å²) in [6, 6.07) is 8.10. The van der Waals surface area contributed by atoms with Gasteiger partial charge in [-0.3, -0.25) is 9.11 Å². The summed E-state index contributed by atoms with van der Waals surface area (Å²) in [7, 11) is -18.4. The summed E-state index contributed by atoms with van der Waals surface area (Å²) in [5, 5.41) is 50.2. The number of aromatic hydroxyl groups is 1. The van der Waals surface area contributed by atoms with Gasteiger partial charge in [0.25, 0.3) is 20.2 Å². The third kappa shape index (κ3) is 12.1. The number of anilines is 1. The fourth-order valence-corrected chi connectivity index (χ4v) is 8.03. The Morgan fingerprint density at radius 2 is 1.05 bits per heavy atom. The molecule has 0 saturated heterocycles. The molecule has 0 saturated carbocycles. The molecule has 4 aromatic carbocycles. The van der Waals surface area contributed by atoms with Crippen LogP contribution in [0.3, 0.4) is 0 Å². The van der Waals surface area contributed by atoms with Crippen LogP contribution in [0.4, 0.5) is 28.4 Å². The standard InChI is InChI=1S/C24H21N5O17S6.2C2H6/c1-49(33,34)13-5-3-12(4-6-13)26-28-22-15(47-45-43-31)7-11-8-17(51(37,38)39)23(24(30)19(11)20(22)25)29-27-21-16(48-46-44-32)9-14(50(2,35)36)10-18(21)52(40,41)42;2*1-2/h3-10,30-32H,25H2,1-2H3,(H,37,38,39)(H,40,41,42);2*1-2H3. The zero-order valence-corrected chi connectivity index (χ0v) is 34.5. The number of fused-ring (bicyclic) bond motifs is 1. The van der Waals surface area contributed by atoms with Crippen LogP contribution in [0, 0.1) is 0 Å². The van der Waals surface area contributed by atoms with Gasteiger partial charge in [0.2, 0.25) is 0 Å². The van der Waals surface area contributed by atoms with Crippen molar-refractivity contribution in [3.05, 3.63) is 48.5 Å². The highest BCUT2D eigenvalue weighted by atomic mass is 32.2. The van der Waals surface area contributed by atoms with E-state index >= 15 is 0 Å². The van der Waals surface area contributed by atoms with Crippen molar-refractivity contribution in [1.82, 2.24) is 0 Å². The lowest BCUT2D eigenvalue weighted by atomic mass is 10.1. The van der Waals surface area contributed by atoms with E-state index in [1.165, 1.54) is 24.3 Å². The predicted molar refractivity (Wildman–Crippen MR) is 201 cm³/mol. The summed E-state index contributed by atoms with van der Waals surface area (Å²) in [5.41, 5.74) is 3.60. The molecule has 0 bridgehead atoms. The van der Waals surface area contributed by atoms with Crippen LogP contribution in [-0.4, -0.2) is 70.9 Å². The Bertz CT molecular complexity index is 2570. The molecule has 0 unspecified atom stereocenters. The molecule has 4 aromatic rings. The predicted octanol–water partition coefficient (Wildman–Crippen LogP) is 7.17. The average molecular weight is 904 g/mol. The lowest BCUT2D eigenvalue weighted by Crippen LogP contribution is -2.04. The Morgan fingerprint density at radius 3 is 1.52 bits per heavy atom. The number of phenolic OH excluding ortho intramolecular Hbond substituents is 1. The minimum Gasteiger partial charge on any atom is -0.505 e. The molecule has 0 aliphatic rings. The molecule has 0 aliphatic carbocycles. The van der Waals surface area contributed by atoms with Crippen LogP contribution < -0.4 is 5.73 Å². The van der Waals surface area contributed by atoms with Crippen molar-refractivity contribution in [1.29, 1.82) is 0 Å². The van der Waals surface area contributed by atoms with E-state index in [1.807, 2.05) is 27.7 Å². The van der Waals surface area contributed by atoms with Crippen molar-refractivity contribution < 1.29 is 77.1 Å². The second kappa shape index (κ2) is 20.0. The first-order valence-electron chi connectivity index (χ1n) is 15.0. The number of phenols is 1. The summed E-state index contributed by atoms with van der Waals surface area (Å²) in [4.78, 5) is -3.86. The molecule has 4 rings (SSSR count).